The maximum absolute atomic E-state index is 13.0. The van der Waals surface area contributed by atoms with Crippen LogP contribution in [0.5, 0.6) is 0 Å². The van der Waals surface area contributed by atoms with Gasteiger partial charge in [-0.1, -0.05) is 80.2 Å². The Bertz CT molecular complexity index is 910. The summed E-state index contributed by atoms with van der Waals surface area (Å²) in [7, 11) is 3.99. The van der Waals surface area contributed by atoms with E-state index in [1.165, 1.54) is 77.0 Å². The molecule has 0 bridgehead atoms. The van der Waals surface area contributed by atoms with Gasteiger partial charge in [0.05, 0.1) is 0 Å². The van der Waals surface area contributed by atoms with Gasteiger partial charge in [-0.05, 0) is 125 Å². The number of fused-ring (bicyclic) bond motifs is 5. The largest absolute Gasteiger partial charge is 0.343 e. The van der Waals surface area contributed by atoms with Crippen molar-refractivity contribution in [3.63, 3.8) is 0 Å². The Morgan fingerprint density at radius 2 is 1.67 bits per heavy atom. The van der Waals surface area contributed by atoms with Crippen LogP contribution in [0, 0.1) is 40.4 Å². The molecule has 3 fully saturated rings. The summed E-state index contributed by atoms with van der Waals surface area (Å²) in [6.07, 6.45) is 22.0. The first-order valence-corrected chi connectivity index (χ1v) is 20.6. The SMILES string of the molecule is CC(C)CCCCC1CCC2C3CC=C4CC(SSCCC(=O)N(CCC(C)N)CCC(C)N)CCC4(C)C3CCC12C. The number of nitrogens with zero attached hydrogens (tertiary/aromatic N) is 1. The number of amides is 1. The lowest BCUT2D eigenvalue weighted by Gasteiger charge is -2.58. The molecule has 3 saturated carbocycles. The van der Waals surface area contributed by atoms with E-state index in [1.54, 1.807) is 5.57 Å². The van der Waals surface area contributed by atoms with E-state index in [9.17, 15) is 4.79 Å². The number of carbonyl (C=O) groups excluding carboxylic acids is 1. The highest BCUT2D eigenvalue weighted by molar-refractivity contribution is 8.76. The first-order valence-electron chi connectivity index (χ1n) is 18.2. The molecule has 4 nitrogen and oxygen atoms in total. The third-order valence-corrected chi connectivity index (χ3v) is 15.4. The Morgan fingerprint density at radius 1 is 0.953 bits per heavy atom. The first kappa shape index (κ1) is 35.7. The van der Waals surface area contributed by atoms with Crippen LogP contribution in [0.25, 0.3) is 0 Å². The van der Waals surface area contributed by atoms with Gasteiger partial charge in [-0.25, -0.2) is 0 Å². The molecule has 9 atom stereocenters. The highest BCUT2D eigenvalue weighted by Gasteiger charge is 2.58. The Labute approximate surface area is 273 Å². The summed E-state index contributed by atoms with van der Waals surface area (Å²) in [5.74, 6) is 5.76. The van der Waals surface area contributed by atoms with Gasteiger partial charge in [0.25, 0.3) is 0 Å². The standard InChI is InChI=1S/C37H67N3OS2/c1-26(2)9-7-8-10-29-12-14-33-32-13-11-30-25-31(15-20-37(30,6)34(32)16-21-36(29,33)5)43-42-24-19-35(41)40(22-17-27(3)38)23-18-28(4)39/h11,26-29,31-34H,7-10,12-25,38-39H2,1-6H3. The fraction of sp³-hybridized carbons (Fsp3) is 0.919. The number of nitrogens with two attached hydrogens (primary N) is 2. The molecular formula is C37H67N3OS2. The normalized spacial score (nSPS) is 35.1. The Morgan fingerprint density at radius 3 is 2.35 bits per heavy atom. The smallest absolute Gasteiger partial charge is 0.223 e. The molecule has 4 N–H and O–H groups in total. The summed E-state index contributed by atoms with van der Waals surface area (Å²) in [5, 5.41) is 0.693. The Balaban J connectivity index is 1.25. The summed E-state index contributed by atoms with van der Waals surface area (Å²) < 4.78 is 0. The summed E-state index contributed by atoms with van der Waals surface area (Å²) >= 11 is 0. The summed E-state index contributed by atoms with van der Waals surface area (Å²) in [4.78, 5) is 15.0. The second-order valence-electron chi connectivity index (χ2n) is 16.2. The second-order valence-corrected chi connectivity index (χ2v) is 19.0. The molecule has 0 aliphatic heterocycles. The van der Waals surface area contributed by atoms with Crippen LogP contribution in [0.3, 0.4) is 0 Å². The van der Waals surface area contributed by atoms with Gasteiger partial charge < -0.3 is 16.4 Å². The van der Waals surface area contributed by atoms with Crippen molar-refractivity contribution in [2.75, 3.05) is 18.8 Å². The topological polar surface area (TPSA) is 72.3 Å². The second kappa shape index (κ2) is 16.1. The lowest BCUT2D eigenvalue weighted by molar-refractivity contribution is -0.130. The lowest BCUT2D eigenvalue weighted by Crippen LogP contribution is -2.50. The molecule has 0 spiro atoms. The number of hydrogen-bond acceptors (Lipinski definition) is 5. The van der Waals surface area contributed by atoms with Crippen molar-refractivity contribution in [1.82, 2.24) is 4.90 Å². The quantitative estimate of drug-likeness (QED) is 0.101. The van der Waals surface area contributed by atoms with Crippen molar-refractivity contribution in [1.29, 1.82) is 0 Å². The van der Waals surface area contributed by atoms with Crippen LogP contribution in [-0.4, -0.2) is 47.0 Å². The molecule has 4 aliphatic carbocycles. The molecule has 9 unspecified atom stereocenters. The fourth-order valence-corrected chi connectivity index (χ4v) is 12.4. The number of carbonyl (C=O) groups is 1. The minimum atomic E-state index is 0.120. The average Bonchev–Trinajstić information content (AvgIpc) is 3.29. The molecule has 6 heteroatoms. The molecule has 43 heavy (non-hydrogen) atoms. The van der Waals surface area contributed by atoms with E-state index in [4.69, 9.17) is 11.5 Å². The van der Waals surface area contributed by atoms with Gasteiger partial charge in [0, 0.05) is 42.6 Å². The van der Waals surface area contributed by atoms with Crippen LogP contribution in [0.2, 0.25) is 0 Å². The molecule has 4 rings (SSSR count). The van der Waals surface area contributed by atoms with E-state index in [0.29, 0.717) is 22.5 Å². The third-order valence-electron chi connectivity index (χ3n) is 12.5. The van der Waals surface area contributed by atoms with Crippen LogP contribution < -0.4 is 11.5 Å². The van der Waals surface area contributed by atoms with E-state index in [1.807, 2.05) is 29.5 Å². The maximum atomic E-state index is 13.0. The van der Waals surface area contributed by atoms with Crippen LogP contribution in [-0.2, 0) is 4.79 Å². The van der Waals surface area contributed by atoms with Crippen LogP contribution in [0.1, 0.15) is 138 Å². The predicted octanol–water partition coefficient (Wildman–Crippen LogP) is 9.23. The van der Waals surface area contributed by atoms with E-state index in [0.717, 1.165) is 61.3 Å². The number of hydrogen-bond donors (Lipinski definition) is 2. The lowest BCUT2D eigenvalue weighted by atomic mass is 9.47. The molecule has 0 heterocycles. The van der Waals surface area contributed by atoms with Gasteiger partial charge in [0.2, 0.25) is 5.91 Å². The van der Waals surface area contributed by atoms with Crippen LogP contribution in [0.4, 0.5) is 0 Å². The minimum Gasteiger partial charge on any atom is -0.343 e. The van der Waals surface area contributed by atoms with Gasteiger partial charge >= 0.3 is 0 Å². The Kier molecular flexibility index (Phi) is 13.4. The average molecular weight is 634 g/mol. The predicted molar refractivity (Wildman–Crippen MR) is 190 cm³/mol. The van der Waals surface area contributed by atoms with E-state index >= 15 is 0 Å². The van der Waals surface area contributed by atoms with Crippen molar-refractivity contribution < 1.29 is 4.79 Å². The van der Waals surface area contributed by atoms with E-state index in [2.05, 4.69) is 44.6 Å². The molecule has 0 saturated heterocycles. The number of rotatable bonds is 16. The molecule has 0 aromatic heterocycles. The monoisotopic (exact) mass is 633 g/mol. The molecule has 0 aromatic rings. The van der Waals surface area contributed by atoms with Crippen LogP contribution in [0.15, 0.2) is 11.6 Å². The molecule has 4 aliphatic rings. The molecule has 248 valence electrons. The van der Waals surface area contributed by atoms with Gasteiger partial charge in [0.15, 0.2) is 0 Å². The zero-order valence-corrected chi connectivity index (χ0v) is 30.4. The molecular weight excluding hydrogens is 567 g/mol. The van der Waals surface area contributed by atoms with Crippen LogP contribution >= 0.6 is 21.6 Å². The van der Waals surface area contributed by atoms with Gasteiger partial charge in [-0.2, -0.15) is 0 Å². The maximum Gasteiger partial charge on any atom is 0.223 e. The Hall–Kier alpha value is -0.170. The minimum absolute atomic E-state index is 0.120. The zero-order chi connectivity index (χ0) is 31.2. The number of allylic oxidation sites excluding steroid dienone is 2. The fourth-order valence-electron chi connectivity index (χ4n) is 9.75. The zero-order valence-electron chi connectivity index (χ0n) is 28.8. The number of unbranched alkanes of at least 4 members (excludes halogenated alkanes) is 1. The van der Waals surface area contributed by atoms with Crippen molar-refractivity contribution in [3.05, 3.63) is 11.6 Å². The highest BCUT2D eigenvalue weighted by atomic mass is 33.1. The molecule has 1 amide bonds. The molecule has 0 radical (unpaired) electrons. The summed E-state index contributed by atoms with van der Waals surface area (Å²) in [6, 6.07) is 0.240. The summed E-state index contributed by atoms with van der Waals surface area (Å²) in [5.41, 5.74) is 14.8. The van der Waals surface area contributed by atoms with E-state index in [-0.39, 0.29) is 18.0 Å². The molecule has 0 aromatic carbocycles. The summed E-state index contributed by atoms with van der Waals surface area (Å²) in [6.45, 7) is 15.6. The highest BCUT2D eigenvalue weighted by Crippen LogP contribution is 2.67. The first-order chi connectivity index (χ1) is 20.4. The van der Waals surface area contributed by atoms with Crippen molar-refractivity contribution in [3.8, 4) is 0 Å². The van der Waals surface area contributed by atoms with Gasteiger partial charge in [-0.15, -0.1) is 0 Å². The van der Waals surface area contributed by atoms with Gasteiger partial charge in [-0.3, -0.25) is 4.79 Å². The third kappa shape index (κ3) is 9.01. The van der Waals surface area contributed by atoms with Gasteiger partial charge in [0.1, 0.15) is 0 Å². The van der Waals surface area contributed by atoms with E-state index < -0.39 is 0 Å². The van der Waals surface area contributed by atoms with Crippen molar-refractivity contribution in [2.45, 2.75) is 155 Å². The van der Waals surface area contributed by atoms with Crippen molar-refractivity contribution in [2.24, 2.45) is 51.9 Å². The van der Waals surface area contributed by atoms with Crippen molar-refractivity contribution >= 4 is 27.5 Å².